The van der Waals surface area contributed by atoms with Crippen molar-refractivity contribution in [1.82, 2.24) is 10.6 Å². The van der Waals surface area contributed by atoms with E-state index in [0.717, 1.165) is 24.1 Å². The molecule has 3 rings (SSSR count). The van der Waals surface area contributed by atoms with Crippen molar-refractivity contribution in [2.45, 2.75) is 44.7 Å². The number of rotatable bonds is 4. The van der Waals surface area contributed by atoms with Gasteiger partial charge in [0.15, 0.2) is 0 Å². The Balaban J connectivity index is 1.51. The van der Waals surface area contributed by atoms with Crippen LogP contribution in [-0.2, 0) is 11.3 Å². The predicted molar refractivity (Wildman–Crippen MR) is 87.4 cm³/mol. The van der Waals surface area contributed by atoms with Crippen molar-refractivity contribution in [2.75, 3.05) is 18.1 Å². The van der Waals surface area contributed by atoms with Gasteiger partial charge in [-0.3, -0.25) is 4.90 Å². The van der Waals surface area contributed by atoms with Gasteiger partial charge >= 0.3 is 12.1 Å². The number of nitrogens with zero attached hydrogens (tertiary/aromatic N) is 1. The Morgan fingerprint density at radius 3 is 2.83 bits per heavy atom. The molecule has 2 N–H and O–H groups in total. The van der Waals surface area contributed by atoms with Crippen LogP contribution in [0.2, 0.25) is 0 Å². The molecule has 0 atom stereocenters. The lowest BCUT2D eigenvalue weighted by Crippen LogP contribution is -2.42. The van der Waals surface area contributed by atoms with Crippen LogP contribution in [0.4, 0.5) is 15.3 Å². The number of cyclic esters (lactones) is 1. The van der Waals surface area contributed by atoms with Crippen LogP contribution in [0.5, 0.6) is 0 Å². The van der Waals surface area contributed by atoms with E-state index in [9.17, 15) is 9.59 Å². The zero-order valence-corrected chi connectivity index (χ0v) is 13.2. The summed E-state index contributed by atoms with van der Waals surface area (Å²) in [6.45, 7) is 1.43. The number of nitrogens with one attached hydrogen (secondary N) is 2. The second-order valence-electron chi connectivity index (χ2n) is 6.10. The molecule has 1 heterocycles. The second-order valence-corrected chi connectivity index (χ2v) is 6.10. The van der Waals surface area contributed by atoms with Crippen molar-refractivity contribution in [1.29, 1.82) is 0 Å². The zero-order valence-electron chi connectivity index (χ0n) is 13.2. The van der Waals surface area contributed by atoms with Crippen molar-refractivity contribution in [3.05, 3.63) is 29.8 Å². The zero-order chi connectivity index (χ0) is 16.1. The van der Waals surface area contributed by atoms with E-state index in [1.165, 1.54) is 19.3 Å². The highest BCUT2D eigenvalue weighted by Crippen LogP contribution is 2.20. The lowest BCUT2D eigenvalue weighted by molar-refractivity contribution is 0.181. The maximum atomic E-state index is 12.0. The monoisotopic (exact) mass is 317 g/mol. The topological polar surface area (TPSA) is 70.7 Å². The molecule has 1 aromatic carbocycles. The van der Waals surface area contributed by atoms with Gasteiger partial charge in [0.05, 0.1) is 6.54 Å². The first kappa shape index (κ1) is 15.6. The Labute approximate surface area is 136 Å². The van der Waals surface area contributed by atoms with Gasteiger partial charge in [-0.2, -0.15) is 0 Å². The van der Waals surface area contributed by atoms with Crippen LogP contribution in [0.15, 0.2) is 24.3 Å². The average Bonchev–Trinajstić information content (AvgIpc) is 3.00. The first-order valence-electron chi connectivity index (χ1n) is 8.30. The van der Waals surface area contributed by atoms with E-state index in [1.54, 1.807) is 4.90 Å². The minimum Gasteiger partial charge on any atom is -0.447 e. The standard InChI is InChI=1S/C17H23N3O3/c21-16(19-14-6-2-1-3-7-14)18-12-13-5-4-8-15(11-13)20-9-10-23-17(20)22/h4-5,8,11,14H,1-3,6-7,9-10,12H2,(H2,18,19,21). The Morgan fingerprint density at radius 2 is 2.09 bits per heavy atom. The Kier molecular flexibility index (Phi) is 5.00. The maximum Gasteiger partial charge on any atom is 0.414 e. The van der Waals surface area contributed by atoms with E-state index in [1.807, 2.05) is 24.3 Å². The molecular formula is C17H23N3O3. The summed E-state index contributed by atoms with van der Waals surface area (Å²) in [5.41, 5.74) is 1.76. The molecule has 0 unspecified atom stereocenters. The average molecular weight is 317 g/mol. The molecular weight excluding hydrogens is 294 g/mol. The molecule has 0 bridgehead atoms. The van der Waals surface area contributed by atoms with Crippen LogP contribution in [0, 0.1) is 0 Å². The van der Waals surface area contributed by atoms with Gasteiger partial charge in [-0.1, -0.05) is 31.4 Å². The fourth-order valence-corrected chi connectivity index (χ4v) is 3.13. The molecule has 6 heteroatoms. The van der Waals surface area contributed by atoms with Crippen LogP contribution in [0.1, 0.15) is 37.7 Å². The van der Waals surface area contributed by atoms with Crippen molar-refractivity contribution in [3.8, 4) is 0 Å². The molecule has 1 aromatic rings. The Morgan fingerprint density at radius 1 is 1.26 bits per heavy atom. The Bertz CT molecular complexity index is 570. The number of amides is 3. The molecule has 1 saturated carbocycles. The van der Waals surface area contributed by atoms with Crippen LogP contribution in [0.3, 0.4) is 0 Å². The van der Waals surface area contributed by atoms with Crippen LogP contribution >= 0.6 is 0 Å². The molecule has 6 nitrogen and oxygen atoms in total. The highest BCUT2D eigenvalue weighted by Gasteiger charge is 2.23. The van der Waals surface area contributed by atoms with E-state index >= 15 is 0 Å². The molecule has 0 spiro atoms. The summed E-state index contributed by atoms with van der Waals surface area (Å²) in [6, 6.07) is 7.78. The molecule has 124 valence electrons. The van der Waals surface area contributed by atoms with E-state index in [4.69, 9.17) is 4.74 Å². The number of urea groups is 1. The quantitative estimate of drug-likeness (QED) is 0.897. The highest BCUT2D eigenvalue weighted by atomic mass is 16.6. The molecule has 2 aliphatic rings. The molecule has 1 aliphatic heterocycles. The van der Waals surface area contributed by atoms with Crippen molar-refractivity contribution >= 4 is 17.8 Å². The van der Waals surface area contributed by atoms with Crippen molar-refractivity contribution in [2.24, 2.45) is 0 Å². The predicted octanol–water partition coefficient (Wildman–Crippen LogP) is 2.78. The third-order valence-electron chi connectivity index (χ3n) is 4.38. The smallest absolute Gasteiger partial charge is 0.414 e. The number of ether oxygens (including phenoxy) is 1. The van der Waals surface area contributed by atoms with Gasteiger partial charge in [0, 0.05) is 18.3 Å². The molecule has 2 fully saturated rings. The SMILES string of the molecule is O=C(NCc1cccc(N2CCOC2=O)c1)NC1CCCCC1. The summed E-state index contributed by atoms with van der Waals surface area (Å²) in [4.78, 5) is 25.2. The van der Waals surface area contributed by atoms with Crippen molar-refractivity contribution < 1.29 is 14.3 Å². The second kappa shape index (κ2) is 7.35. The van der Waals surface area contributed by atoms with Gasteiger partial charge in [0.25, 0.3) is 0 Å². The summed E-state index contributed by atoms with van der Waals surface area (Å²) in [5, 5.41) is 5.92. The third-order valence-corrected chi connectivity index (χ3v) is 4.38. The summed E-state index contributed by atoms with van der Waals surface area (Å²) in [7, 11) is 0. The van der Waals surface area contributed by atoms with E-state index in [-0.39, 0.29) is 12.1 Å². The van der Waals surface area contributed by atoms with Gasteiger partial charge in [-0.05, 0) is 30.5 Å². The molecule has 3 amide bonds. The first-order valence-corrected chi connectivity index (χ1v) is 8.30. The summed E-state index contributed by atoms with van der Waals surface area (Å²) in [5.74, 6) is 0. The van der Waals surface area contributed by atoms with E-state index in [0.29, 0.717) is 25.7 Å². The number of hydrogen-bond acceptors (Lipinski definition) is 3. The molecule has 1 saturated heterocycles. The lowest BCUT2D eigenvalue weighted by Gasteiger charge is -2.23. The van der Waals surface area contributed by atoms with Gasteiger partial charge in [-0.15, -0.1) is 0 Å². The van der Waals surface area contributed by atoms with Crippen LogP contribution in [-0.4, -0.2) is 31.3 Å². The summed E-state index contributed by atoms with van der Waals surface area (Å²) in [6.07, 6.45) is 5.48. The summed E-state index contributed by atoms with van der Waals surface area (Å²) >= 11 is 0. The number of carbonyl (C=O) groups is 2. The van der Waals surface area contributed by atoms with Gasteiger partial charge in [-0.25, -0.2) is 9.59 Å². The van der Waals surface area contributed by atoms with E-state index < -0.39 is 0 Å². The normalized spacial score (nSPS) is 18.6. The fraction of sp³-hybridized carbons (Fsp3) is 0.529. The minimum absolute atomic E-state index is 0.122. The van der Waals surface area contributed by atoms with Gasteiger partial charge in [0.1, 0.15) is 6.61 Å². The largest absolute Gasteiger partial charge is 0.447 e. The summed E-state index contributed by atoms with van der Waals surface area (Å²) < 4.78 is 4.95. The van der Waals surface area contributed by atoms with Gasteiger partial charge in [0.2, 0.25) is 0 Å². The molecule has 0 radical (unpaired) electrons. The lowest BCUT2D eigenvalue weighted by atomic mass is 9.96. The van der Waals surface area contributed by atoms with Gasteiger partial charge < -0.3 is 15.4 Å². The minimum atomic E-state index is -0.315. The number of hydrogen-bond donors (Lipinski definition) is 2. The Hall–Kier alpha value is -2.24. The fourth-order valence-electron chi connectivity index (χ4n) is 3.13. The maximum absolute atomic E-state index is 12.0. The molecule has 1 aliphatic carbocycles. The van der Waals surface area contributed by atoms with Crippen LogP contribution in [0.25, 0.3) is 0 Å². The van der Waals surface area contributed by atoms with Crippen LogP contribution < -0.4 is 15.5 Å². The number of carbonyl (C=O) groups excluding carboxylic acids is 2. The van der Waals surface area contributed by atoms with Crippen molar-refractivity contribution in [3.63, 3.8) is 0 Å². The first-order chi connectivity index (χ1) is 11.2. The number of benzene rings is 1. The number of anilines is 1. The highest BCUT2D eigenvalue weighted by molar-refractivity contribution is 5.89. The third kappa shape index (κ3) is 4.15. The molecule has 0 aromatic heterocycles. The van der Waals surface area contributed by atoms with E-state index in [2.05, 4.69) is 10.6 Å². The molecule has 23 heavy (non-hydrogen) atoms.